The first-order chi connectivity index (χ1) is 14.8. The lowest BCUT2D eigenvalue weighted by Gasteiger charge is -2.28. The zero-order valence-corrected chi connectivity index (χ0v) is 19.2. The highest BCUT2D eigenvalue weighted by Gasteiger charge is 2.29. The fraction of sp³-hybridized carbons (Fsp3) is 0.417. The number of likely N-dealkylation sites (N-methyl/N-ethyl adjacent to an activating group) is 1. The van der Waals surface area contributed by atoms with Gasteiger partial charge in [0.15, 0.2) is 0 Å². The zero-order valence-electron chi connectivity index (χ0n) is 18.4. The fourth-order valence-electron chi connectivity index (χ4n) is 3.91. The number of anilines is 1. The number of amides is 3. The highest BCUT2D eigenvalue weighted by molar-refractivity contribution is 8.00. The summed E-state index contributed by atoms with van der Waals surface area (Å²) in [5, 5.41) is 5.03. The molecule has 0 spiro atoms. The van der Waals surface area contributed by atoms with Crippen molar-refractivity contribution in [2.75, 3.05) is 11.9 Å². The lowest BCUT2D eigenvalue weighted by molar-refractivity contribution is -0.117. The van der Waals surface area contributed by atoms with Crippen molar-refractivity contribution in [2.24, 2.45) is 5.18 Å². The van der Waals surface area contributed by atoms with E-state index in [0.29, 0.717) is 12.5 Å². The smallest absolute Gasteiger partial charge is 0.321 e. The zero-order chi connectivity index (χ0) is 22.5. The number of nitroso groups, excluding NO2 is 1. The Balaban J connectivity index is 1.65. The van der Waals surface area contributed by atoms with Crippen molar-refractivity contribution in [1.29, 1.82) is 0 Å². The van der Waals surface area contributed by atoms with Gasteiger partial charge in [-0.15, -0.1) is 16.7 Å². The van der Waals surface area contributed by atoms with Gasteiger partial charge in [0.1, 0.15) is 0 Å². The van der Waals surface area contributed by atoms with Crippen LogP contribution < -0.4 is 5.32 Å². The molecule has 3 rings (SSSR count). The minimum atomic E-state index is -0.654. The van der Waals surface area contributed by atoms with Gasteiger partial charge in [0.25, 0.3) is 5.91 Å². The molecule has 0 radical (unpaired) electrons. The number of hydrogen-bond donors (Lipinski definition) is 1. The Morgan fingerprint density at radius 2 is 1.77 bits per heavy atom. The van der Waals surface area contributed by atoms with E-state index in [2.05, 4.69) is 36.5 Å². The van der Waals surface area contributed by atoms with Gasteiger partial charge in [0.05, 0.1) is 5.25 Å². The molecule has 0 saturated carbocycles. The third-order valence-corrected chi connectivity index (χ3v) is 6.79. The molecule has 1 aliphatic rings. The Hall–Kier alpha value is -2.67. The number of thioether (sulfide) groups is 1. The highest BCUT2D eigenvalue weighted by Crippen LogP contribution is 2.32. The molecule has 2 aromatic rings. The second-order valence-corrected chi connectivity index (χ2v) is 9.59. The molecule has 2 unspecified atom stereocenters. The van der Waals surface area contributed by atoms with Crippen LogP contribution in [0.2, 0.25) is 0 Å². The maximum Gasteiger partial charge on any atom is 0.322 e. The molecule has 2 atom stereocenters. The van der Waals surface area contributed by atoms with Gasteiger partial charge in [-0.1, -0.05) is 32.0 Å². The SMILES string of the molecule is CCN(C(=O)Nc1ccc(C(C)C)cc1)C1Cc2ccc(SC(C)C(=O)N=O)cc2C1. The first kappa shape index (κ1) is 23.0. The van der Waals surface area contributed by atoms with Crippen LogP contribution in [0.1, 0.15) is 50.3 Å². The summed E-state index contributed by atoms with van der Waals surface area (Å²) in [6, 6.07) is 14.1. The molecule has 0 aromatic heterocycles. The number of urea groups is 1. The van der Waals surface area contributed by atoms with Gasteiger partial charge >= 0.3 is 6.03 Å². The van der Waals surface area contributed by atoms with Crippen molar-refractivity contribution in [1.82, 2.24) is 4.90 Å². The number of carbonyl (C=O) groups is 2. The predicted octanol–water partition coefficient (Wildman–Crippen LogP) is 5.60. The quantitative estimate of drug-likeness (QED) is 0.449. The minimum Gasteiger partial charge on any atom is -0.321 e. The molecule has 164 valence electrons. The standard InChI is InChI=1S/C24H29N3O3S/c1-5-27(24(29)25-20-9-6-17(7-10-20)15(2)3)21-12-18-8-11-22(14-19(18)13-21)31-16(4)23(28)26-30/h6-11,14-16,21H,5,12-13H2,1-4H3,(H,25,29). The van der Waals surface area contributed by atoms with Crippen molar-refractivity contribution in [3.05, 3.63) is 64.1 Å². The predicted molar refractivity (Wildman–Crippen MR) is 126 cm³/mol. The van der Waals surface area contributed by atoms with Crippen LogP contribution in [0, 0.1) is 4.91 Å². The van der Waals surface area contributed by atoms with Crippen molar-refractivity contribution in [3.63, 3.8) is 0 Å². The number of fused-ring (bicyclic) bond motifs is 1. The average molecular weight is 440 g/mol. The lowest BCUT2D eigenvalue weighted by Crippen LogP contribution is -2.43. The number of nitrogens with one attached hydrogen (secondary N) is 1. The van der Waals surface area contributed by atoms with Crippen molar-refractivity contribution >= 4 is 29.4 Å². The van der Waals surface area contributed by atoms with E-state index in [1.807, 2.05) is 42.2 Å². The van der Waals surface area contributed by atoms with Crippen LogP contribution in [0.3, 0.4) is 0 Å². The second kappa shape index (κ2) is 10.1. The third-order valence-electron chi connectivity index (χ3n) is 5.71. The summed E-state index contributed by atoms with van der Waals surface area (Å²) in [7, 11) is 0. The first-order valence-corrected chi connectivity index (χ1v) is 11.5. The Kier molecular flexibility index (Phi) is 7.49. The summed E-state index contributed by atoms with van der Waals surface area (Å²) < 4.78 is 0. The molecule has 0 bridgehead atoms. The molecule has 3 amide bonds. The lowest BCUT2D eigenvalue weighted by atomic mass is 10.0. The average Bonchev–Trinajstić information content (AvgIpc) is 3.16. The minimum absolute atomic E-state index is 0.0888. The molecular formula is C24H29N3O3S. The van der Waals surface area contributed by atoms with E-state index >= 15 is 0 Å². The number of rotatable bonds is 7. The number of benzene rings is 2. The molecule has 0 aliphatic heterocycles. The van der Waals surface area contributed by atoms with E-state index in [4.69, 9.17) is 0 Å². The maximum absolute atomic E-state index is 13.0. The van der Waals surface area contributed by atoms with Gasteiger partial charge in [0.2, 0.25) is 0 Å². The molecule has 0 saturated heterocycles. The van der Waals surface area contributed by atoms with Crippen LogP contribution in [0.15, 0.2) is 52.5 Å². The topological polar surface area (TPSA) is 78.8 Å². The van der Waals surface area contributed by atoms with Crippen LogP contribution in [0.25, 0.3) is 0 Å². The summed E-state index contributed by atoms with van der Waals surface area (Å²) in [6.07, 6.45) is 1.57. The Morgan fingerprint density at radius 1 is 1.10 bits per heavy atom. The molecule has 2 aromatic carbocycles. The van der Waals surface area contributed by atoms with Crippen LogP contribution in [0.4, 0.5) is 10.5 Å². The van der Waals surface area contributed by atoms with E-state index in [1.54, 1.807) is 6.92 Å². The van der Waals surface area contributed by atoms with Gasteiger partial charge in [-0.3, -0.25) is 4.79 Å². The summed E-state index contributed by atoms with van der Waals surface area (Å²) in [5.41, 5.74) is 4.44. The Morgan fingerprint density at radius 3 is 2.39 bits per heavy atom. The van der Waals surface area contributed by atoms with Gasteiger partial charge < -0.3 is 10.2 Å². The number of hydrogen-bond acceptors (Lipinski definition) is 4. The van der Waals surface area contributed by atoms with Crippen molar-refractivity contribution < 1.29 is 9.59 Å². The van der Waals surface area contributed by atoms with Crippen LogP contribution in [-0.4, -0.2) is 34.7 Å². The van der Waals surface area contributed by atoms with Crippen molar-refractivity contribution in [3.8, 4) is 0 Å². The number of nitrogens with zero attached hydrogens (tertiary/aromatic N) is 2. The molecular weight excluding hydrogens is 410 g/mol. The van der Waals surface area contributed by atoms with E-state index in [1.165, 1.54) is 28.5 Å². The normalized spacial score (nSPS) is 16.0. The Labute approximate surface area is 187 Å². The largest absolute Gasteiger partial charge is 0.322 e. The molecule has 0 heterocycles. The van der Waals surface area contributed by atoms with Crippen molar-refractivity contribution in [2.45, 2.75) is 62.6 Å². The fourth-order valence-corrected chi connectivity index (χ4v) is 4.82. The van der Waals surface area contributed by atoms with Gasteiger partial charge in [-0.05, 0) is 73.6 Å². The van der Waals surface area contributed by atoms with Gasteiger partial charge in [-0.25, -0.2) is 4.79 Å². The van der Waals surface area contributed by atoms with Gasteiger partial charge in [-0.2, -0.15) is 0 Å². The summed E-state index contributed by atoms with van der Waals surface area (Å²) in [6.45, 7) is 8.58. The van der Waals surface area contributed by atoms with E-state index in [9.17, 15) is 14.5 Å². The van der Waals surface area contributed by atoms with E-state index in [-0.39, 0.29) is 12.1 Å². The summed E-state index contributed by atoms with van der Waals surface area (Å²) >= 11 is 1.33. The second-order valence-electron chi connectivity index (χ2n) is 8.18. The Bertz CT molecular complexity index is 959. The van der Waals surface area contributed by atoms with Crippen LogP contribution in [-0.2, 0) is 17.6 Å². The molecule has 1 N–H and O–H groups in total. The van der Waals surface area contributed by atoms with Crippen LogP contribution >= 0.6 is 11.8 Å². The van der Waals surface area contributed by atoms with E-state index < -0.39 is 11.2 Å². The van der Waals surface area contributed by atoms with Crippen LogP contribution in [0.5, 0.6) is 0 Å². The summed E-state index contributed by atoms with van der Waals surface area (Å²) in [4.78, 5) is 37.7. The first-order valence-electron chi connectivity index (χ1n) is 10.7. The monoisotopic (exact) mass is 439 g/mol. The molecule has 7 heteroatoms. The highest BCUT2D eigenvalue weighted by atomic mass is 32.2. The summed E-state index contributed by atoms with van der Waals surface area (Å²) in [5.74, 6) is -0.202. The molecule has 31 heavy (non-hydrogen) atoms. The molecule has 6 nitrogen and oxygen atoms in total. The maximum atomic E-state index is 13.0. The molecule has 0 fully saturated rings. The van der Waals surface area contributed by atoms with E-state index in [0.717, 1.165) is 23.4 Å². The number of carbonyl (C=O) groups excluding carboxylic acids is 2. The molecule has 1 aliphatic carbocycles. The third kappa shape index (κ3) is 5.53. The van der Waals surface area contributed by atoms with Gasteiger partial charge in [0, 0.05) is 28.3 Å².